The molecule has 9 aromatic rings. The summed E-state index contributed by atoms with van der Waals surface area (Å²) >= 11 is 0. The number of alkyl halides is 6. The quantitative estimate of drug-likeness (QED) is 0.123. The van der Waals surface area contributed by atoms with Crippen molar-refractivity contribution >= 4 is 39.3 Å². The van der Waals surface area contributed by atoms with E-state index in [4.69, 9.17) is 0 Å². The fraction of sp³-hybridized carbons (Fsp3) is 0.0741. The second-order valence-corrected chi connectivity index (χ2v) is 15.9. The molecule has 1 aromatic heterocycles. The van der Waals surface area contributed by atoms with Crippen molar-refractivity contribution in [2.24, 2.45) is 0 Å². The Morgan fingerprint density at radius 2 is 1.02 bits per heavy atom. The fourth-order valence-corrected chi connectivity index (χ4v) is 9.19. The van der Waals surface area contributed by atoms with Crippen LogP contribution >= 0.6 is 0 Å². The molecule has 0 saturated heterocycles. The van der Waals surface area contributed by atoms with Gasteiger partial charge in [-0.15, -0.1) is 0 Å². The lowest BCUT2D eigenvalue weighted by molar-refractivity contribution is -0.142. The molecule has 4 nitrogen and oxygen atoms in total. The highest BCUT2D eigenvalue weighted by molar-refractivity contribution is 6.36. The van der Waals surface area contributed by atoms with Gasteiger partial charge in [0.15, 0.2) is 0 Å². The Hall–Kier alpha value is -7.72. The van der Waals surface area contributed by atoms with Gasteiger partial charge in [0.1, 0.15) is 0 Å². The summed E-state index contributed by atoms with van der Waals surface area (Å²) in [5, 5.41) is 0.842. The standard InChI is InChI=1S/C54H34F6N2O2/c1-31-22-25-37(32(2)28-31)39-16-9-19-45-48(39)49-40(38-26-24-36(53(55,56)57)30-43(38)54(58,59)60)17-10-20-46(49)61(45)47-21-11-18-41-50(47)52(64)62(51(41)63)44-27-23-35(33-12-5-3-6-13-33)29-42(44)34-14-7-4-8-15-34/h3-30H,1-2H3. The maximum absolute atomic E-state index is 15.1. The van der Waals surface area contributed by atoms with Gasteiger partial charge in [-0.05, 0) is 107 Å². The van der Waals surface area contributed by atoms with Crippen molar-refractivity contribution in [3.63, 3.8) is 0 Å². The molecule has 1 aliphatic rings. The van der Waals surface area contributed by atoms with E-state index >= 15 is 4.79 Å². The van der Waals surface area contributed by atoms with Crippen LogP contribution in [0, 0.1) is 13.8 Å². The highest BCUT2D eigenvalue weighted by Gasteiger charge is 2.42. The molecule has 10 heteroatoms. The van der Waals surface area contributed by atoms with Crippen LogP contribution in [0.4, 0.5) is 32.0 Å². The molecule has 2 amide bonds. The molecule has 1 aliphatic heterocycles. The topological polar surface area (TPSA) is 42.3 Å². The van der Waals surface area contributed by atoms with Crippen LogP contribution in [0.1, 0.15) is 43.0 Å². The average molecular weight is 857 g/mol. The minimum absolute atomic E-state index is 0.0436. The third kappa shape index (κ3) is 6.56. The monoisotopic (exact) mass is 856 g/mol. The van der Waals surface area contributed by atoms with Crippen LogP contribution in [0.25, 0.3) is 72.0 Å². The number of halogens is 6. The Morgan fingerprint density at radius 3 is 1.64 bits per heavy atom. The number of hydrogen-bond acceptors (Lipinski definition) is 2. The SMILES string of the molecule is Cc1ccc(-c2cccc3c2c2c(-c4ccc(C(F)(F)F)cc4C(F)(F)F)cccc2n3-c2cccc3c2C(=O)N(c2ccc(-c4ccccc4)cc2-c2ccccc2)C3=O)c(C)c1. The van der Waals surface area contributed by atoms with Gasteiger partial charge >= 0.3 is 12.4 Å². The van der Waals surface area contributed by atoms with Crippen molar-refractivity contribution in [2.75, 3.05) is 4.90 Å². The molecule has 0 bridgehead atoms. The van der Waals surface area contributed by atoms with Crippen molar-refractivity contribution in [1.82, 2.24) is 4.57 Å². The van der Waals surface area contributed by atoms with Gasteiger partial charge in [-0.25, -0.2) is 4.90 Å². The van der Waals surface area contributed by atoms with Gasteiger partial charge in [0.25, 0.3) is 11.8 Å². The number of benzene rings is 8. The molecule has 0 saturated carbocycles. The predicted octanol–water partition coefficient (Wildman–Crippen LogP) is 14.9. The van der Waals surface area contributed by atoms with Crippen LogP contribution in [0.5, 0.6) is 0 Å². The number of carbonyl (C=O) groups excluding carboxylic acids is 2. The Balaban J connectivity index is 1.24. The minimum atomic E-state index is -5.15. The molecule has 0 atom stereocenters. The van der Waals surface area contributed by atoms with Crippen LogP contribution in [-0.2, 0) is 12.4 Å². The molecule has 8 aromatic carbocycles. The van der Waals surface area contributed by atoms with Crippen molar-refractivity contribution in [3.05, 3.63) is 203 Å². The van der Waals surface area contributed by atoms with Crippen molar-refractivity contribution in [1.29, 1.82) is 0 Å². The first-order valence-corrected chi connectivity index (χ1v) is 20.4. The van der Waals surface area contributed by atoms with E-state index in [1.165, 1.54) is 11.0 Å². The number of nitrogens with zero attached hydrogens (tertiary/aromatic N) is 2. The molecule has 0 N–H and O–H groups in total. The second-order valence-electron chi connectivity index (χ2n) is 15.9. The Morgan fingerprint density at radius 1 is 0.422 bits per heavy atom. The van der Waals surface area contributed by atoms with E-state index in [-0.39, 0.29) is 22.8 Å². The maximum atomic E-state index is 15.1. The maximum Gasteiger partial charge on any atom is 0.417 e. The minimum Gasteiger partial charge on any atom is -0.308 e. The number of amides is 2. The summed E-state index contributed by atoms with van der Waals surface area (Å²) in [5.74, 6) is -1.15. The third-order valence-corrected chi connectivity index (χ3v) is 12.0. The van der Waals surface area contributed by atoms with Crippen molar-refractivity contribution in [2.45, 2.75) is 26.2 Å². The number of fused-ring (bicyclic) bond motifs is 4. The van der Waals surface area contributed by atoms with Gasteiger partial charge in [-0.1, -0.05) is 127 Å². The molecule has 0 fully saturated rings. The van der Waals surface area contributed by atoms with Gasteiger partial charge in [0.05, 0.1) is 44.7 Å². The number of anilines is 1. The average Bonchev–Trinajstić information content (AvgIpc) is 3.76. The van der Waals surface area contributed by atoms with Gasteiger partial charge in [0.2, 0.25) is 0 Å². The summed E-state index contributed by atoms with van der Waals surface area (Å²) in [6.07, 6.45) is -10.2. The summed E-state index contributed by atoms with van der Waals surface area (Å²) < 4.78 is 88.3. The summed E-state index contributed by atoms with van der Waals surface area (Å²) in [4.78, 5) is 31.0. The molecule has 0 aliphatic carbocycles. The normalized spacial score (nSPS) is 13.0. The van der Waals surface area contributed by atoms with E-state index in [1.807, 2.05) is 117 Å². The van der Waals surface area contributed by atoms with E-state index < -0.39 is 40.9 Å². The molecule has 2 heterocycles. The van der Waals surface area contributed by atoms with Gasteiger partial charge in [-0.2, -0.15) is 26.3 Å². The van der Waals surface area contributed by atoms with Crippen LogP contribution in [0.3, 0.4) is 0 Å². The zero-order chi connectivity index (χ0) is 44.7. The molecule has 314 valence electrons. The Kier molecular flexibility index (Phi) is 9.44. The molecule has 64 heavy (non-hydrogen) atoms. The van der Waals surface area contributed by atoms with Crippen LogP contribution in [0.15, 0.2) is 170 Å². The zero-order valence-corrected chi connectivity index (χ0v) is 34.1. The highest BCUT2D eigenvalue weighted by Crippen LogP contribution is 2.49. The van der Waals surface area contributed by atoms with Gasteiger partial charge in [0, 0.05) is 16.3 Å². The molecular formula is C54H34F6N2O2. The van der Waals surface area contributed by atoms with E-state index in [1.54, 1.807) is 47.0 Å². The first kappa shape index (κ1) is 40.4. The van der Waals surface area contributed by atoms with Crippen molar-refractivity contribution in [3.8, 4) is 50.2 Å². The fourth-order valence-electron chi connectivity index (χ4n) is 9.19. The highest BCUT2D eigenvalue weighted by atomic mass is 19.4. The third-order valence-electron chi connectivity index (χ3n) is 12.0. The predicted molar refractivity (Wildman–Crippen MR) is 240 cm³/mol. The Labute approximate surface area is 363 Å². The smallest absolute Gasteiger partial charge is 0.308 e. The molecular weight excluding hydrogens is 823 g/mol. The van der Waals surface area contributed by atoms with Gasteiger partial charge in [-0.3, -0.25) is 9.59 Å². The van der Waals surface area contributed by atoms with E-state index in [0.29, 0.717) is 50.4 Å². The number of aromatic nitrogens is 1. The lowest BCUT2D eigenvalue weighted by Gasteiger charge is -2.20. The number of aryl methyl sites for hydroxylation is 2. The van der Waals surface area contributed by atoms with Crippen LogP contribution < -0.4 is 4.90 Å². The molecule has 0 spiro atoms. The molecule has 0 unspecified atom stereocenters. The lowest BCUT2D eigenvalue weighted by Crippen LogP contribution is -2.30. The lowest BCUT2D eigenvalue weighted by atomic mass is 9.90. The Bertz CT molecular complexity index is 3370. The first-order valence-electron chi connectivity index (χ1n) is 20.4. The van der Waals surface area contributed by atoms with E-state index in [0.717, 1.165) is 39.4 Å². The molecule has 0 radical (unpaired) electrons. The van der Waals surface area contributed by atoms with Gasteiger partial charge < -0.3 is 4.57 Å². The summed E-state index contributed by atoms with van der Waals surface area (Å²) in [6.45, 7) is 3.88. The van der Waals surface area contributed by atoms with Crippen LogP contribution in [0.2, 0.25) is 0 Å². The van der Waals surface area contributed by atoms with E-state index in [9.17, 15) is 31.1 Å². The molecule has 10 rings (SSSR count). The first-order chi connectivity index (χ1) is 30.7. The largest absolute Gasteiger partial charge is 0.417 e. The second kappa shape index (κ2) is 15.0. The van der Waals surface area contributed by atoms with Crippen LogP contribution in [-0.4, -0.2) is 16.4 Å². The number of carbonyl (C=O) groups is 2. The summed E-state index contributed by atoms with van der Waals surface area (Å²) in [6, 6.07) is 47.4. The zero-order valence-electron chi connectivity index (χ0n) is 34.1. The van der Waals surface area contributed by atoms with Crippen molar-refractivity contribution < 1.29 is 35.9 Å². The van der Waals surface area contributed by atoms with E-state index in [2.05, 4.69) is 0 Å². The number of rotatable bonds is 6. The number of hydrogen-bond donors (Lipinski definition) is 0. The number of imide groups is 1. The summed E-state index contributed by atoms with van der Waals surface area (Å²) in [7, 11) is 0. The summed E-state index contributed by atoms with van der Waals surface area (Å²) in [5.41, 5.74) is 5.10.